The van der Waals surface area contributed by atoms with Crippen LogP contribution in [0.25, 0.3) is 0 Å². The van der Waals surface area contributed by atoms with Crippen molar-refractivity contribution in [1.29, 1.82) is 0 Å². The van der Waals surface area contributed by atoms with E-state index in [1.165, 1.54) is 89.9 Å². The van der Waals surface area contributed by atoms with E-state index in [0.29, 0.717) is 12.8 Å². The number of aliphatic hydroxyl groups is 2. The summed E-state index contributed by atoms with van der Waals surface area (Å²) >= 11 is 0. The summed E-state index contributed by atoms with van der Waals surface area (Å²) in [6.07, 6.45) is 35.7. The predicted molar refractivity (Wildman–Crippen MR) is 210 cm³/mol. The molecule has 0 saturated heterocycles. The highest BCUT2D eigenvalue weighted by Crippen LogP contribution is 2.43. The van der Waals surface area contributed by atoms with E-state index < -0.39 is 51.8 Å². The first-order valence-electron chi connectivity index (χ1n) is 20.8. The van der Waals surface area contributed by atoms with Gasteiger partial charge in [0, 0.05) is 12.8 Å². The Bertz CT molecular complexity index is 925. The van der Waals surface area contributed by atoms with Crippen molar-refractivity contribution >= 4 is 19.8 Å². The van der Waals surface area contributed by atoms with E-state index in [0.717, 1.165) is 57.8 Å². The lowest BCUT2D eigenvalue weighted by Gasteiger charge is -2.20. The van der Waals surface area contributed by atoms with Crippen molar-refractivity contribution < 1.29 is 47.8 Å². The maximum absolute atomic E-state index is 12.6. The zero-order valence-corrected chi connectivity index (χ0v) is 33.9. The molecule has 3 atom stereocenters. The summed E-state index contributed by atoms with van der Waals surface area (Å²) in [5.41, 5.74) is 0. The van der Waals surface area contributed by atoms with Gasteiger partial charge in [0.05, 0.1) is 19.8 Å². The molecule has 0 saturated carbocycles. The second-order valence-electron chi connectivity index (χ2n) is 14.0. The van der Waals surface area contributed by atoms with Crippen LogP contribution in [0, 0.1) is 0 Å². The molecule has 0 aliphatic carbocycles. The molecule has 11 heteroatoms. The molecule has 0 heterocycles. The molecule has 0 aromatic rings. The first kappa shape index (κ1) is 50.5. The lowest BCUT2D eigenvalue weighted by Crippen LogP contribution is -2.29. The van der Waals surface area contributed by atoms with Crippen molar-refractivity contribution in [2.75, 3.05) is 26.4 Å². The molecule has 0 spiro atoms. The molecule has 0 rings (SSSR count). The zero-order valence-electron chi connectivity index (χ0n) is 33.0. The number of phosphoric acid groups is 1. The third kappa shape index (κ3) is 36.8. The van der Waals surface area contributed by atoms with Gasteiger partial charge in [-0.3, -0.25) is 18.6 Å². The largest absolute Gasteiger partial charge is 0.472 e. The summed E-state index contributed by atoms with van der Waals surface area (Å²) < 4.78 is 32.6. The number of carbonyl (C=O) groups is 2. The third-order valence-electron chi connectivity index (χ3n) is 8.86. The zero-order chi connectivity index (χ0) is 38.4. The quantitative estimate of drug-likeness (QED) is 0.0239. The number of aliphatic hydroxyl groups excluding tert-OH is 2. The van der Waals surface area contributed by atoms with E-state index >= 15 is 0 Å². The molecular formula is C41H77O10P. The Kier molecular flexibility index (Phi) is 36.6. The minimum Gasteiger partial charge on any atom is -0.462 e. The molecule has 52 heavy (non-hydrogen) atoms. The second-order valence-corrected chi connectivity index (χ2v) is 15.5. The van der Waals surface area contributed by atoms with Crippen LogP contribution in [0.15, 0.2) is 24.3 Å². The van der Waals surface area contributed by atoms with Crippen molar-refractivity contribution in [3.63, 3.8) is 0 Å². The van der Waals surface area contributed by atoms with E-state index in [1.54, 1.807) is 0 Å². The topological polar surface area (TPSA) is 149 Å². The highest BCUT2D eigenvalue weighted by atomic mass is 31.2. The highest BCUT2D eigenvalue weighted by molar-refractivity contribution is 7.47. The number of carbonyl (C=O) groups excluding carboxylic acids is 2. The fraction of sp³-hybridized carbons (Fsp3) is 0.854. The molecule has 0 aliphatic heterocycles. The van der Waals surface area contributed by atoms with Crippen molar-refractivity contribution in [2.24, 2.45) is 0 Å². The minimum atomic E-state index is -4.61. The summed E-state index contributed by atoms with van der Waals surface area (Å²) in [6.45, 7) is 2.34. The Hall–Kier alpha value is -1.55. The smallest absolute Gasteiger partial charge is 0.462 e. The number of phosphoric ester groups is 1. The number of allylic oxidation sites excluding steroid dienone is 4. The average Bonchev–Trinajstić information content (AvgIpc) is 3.13. The molecule has 0 aromatic heterocycles. The SMILES string of the molecule is CCCCC/C=C/C/C=C/CCCCCCCC(=O)OC[C@H](COP(=O)(O)OC[C@@H](O)CO)OC(=O)CCCCCCCCCCCCCCCC. The molecule has 3 N–H and O–H groups in total. The van der Waals surface area contributed by atoms with Crippen LogP contribution in [-0.2, 0) is 32.7 Å². The van der Waals surface area contributed by atoms with Gasteiger partial charge >= 0.3 is 19.8 Å². The summed E-state index contributed by atoms with van der Waals surface area (Å²) in [4.78, 5) is 34.9. The van der Waals surface area contributed by atoms with Gasteiger partial charge in [-0.05, 0) is 44.9 Å². The van der Waals surface area contributed by atoms with Crippen LogP contribution in [0.5, 0.6) is 0 Å². The first-order valence-corrected chi connectivity index (χ1v) is 22.3. The van der Waals surface area contributed by atoms with Crippen molar-refractivity contribution in [1.82, 2.24) is 0 Å². The number of hydrogen-bond donors (Lipinski definition) is 3. The standard InChI is InChI=1S/C41H77O10P/c1-3-5-7-9-11-13-15-17-19-21-22-24-26-28-30-32-40(44)48-36-39(37-50-52(46,47)49-35-38(43)34-42)51-41(45)33-31-29-27-25-23-20-18-16-14-12-10-8-6-4-2/h11,13,17,19,38-39,42-43H,3-10,12,14-16,18,20-37H2,1-2H3,(H,46,47)/b13-11+,19-17+/t38-,39+/m0/s1. The van der Waals surface area contributed by atoms with Crippen LogP contribution in [0.4, 0.5) is 0 Å². The number of rotatable bonds is 39. The maximum atomic E-state index is 12.6. The molecule has 0 amide bonds. The third-order valence-corrected chi connectivity index (χ3v) is 9.81. The van der Waals surface area contributed by atoms with E-state index in [-0.39, 0.29) is 19.4 Å². The Morgan fingerprint density at radius 1 is 0.577 bits per heavy atom. The Balaban J connectivity index is 4.33. The summed E-state index contributed by atoms with van der Waals surface area (Å²) in [5, 5.41) is 18.3. The Labute approximate surface area is 317 Å². The molecule has 0 bridgehead atoms. The van der Waals surface area contributed by atoms with Gasteiger partial charge in [-0.15, -0.1) is 0 Å². The van der Waals surface area contributed by atoms with Gasteiger partial charge in [-0.2, -0.15) is 0 Å². The van der Waals surface area contributed by atoms with E-state index in [9.17, 15) is 24.2 Å². The van der Waals surface area contributed by atoms with Gasteiger partial charge in [0.1, 0.15) is 12.7 Å². The molecule has 0 radical (unpaired) electrons. The van der Waals surface area contributed by atoms with Crippen LogP contribution >= 0.6 is 7.82 Å². The van der Waals surface area contributed by atoms with Gasteiger partial charge in [0.2, 0.25) is 0 Å². The number of hydrogen-bond acceptors (Lipinski definition) is 9. The number of unbranched alkanes of at least 4 members (excludes halogenated alkanes) is 21. The van der Waals surface area contributed by atoms with Crippen molar-refractivity contribution in [2.45, 2.75) is 199 Å². The molecule has 0 aromatic carbocycles. The molecule has 10 nitrogen and oxygen atoms in total. The summed E-state index contributed by atoms with van der Waals surface area (Å²) in [7, 11) is -4.61. The van der Waals surface area contributed by atoms with Crippen LogP contribution < -0.4 is 0 Å². The monoisotopic (exact) mass is 761 g/mol. The first-order chi connectivity index (χ1) is 25.2. The molecule has 0 fully saturated rings. The van der Waals surface area contributed by atoms with Crippen LogP contribution in [-0.4, -0.2) is 65.7 Å². The highest BCUT2D eigenvalue weighted by Gasteiger charge is 2.27. The molecule has 0 aliphatic rings. The minimum absolute atomic E-state index is 0.185. The van der Waals surface area contributed by atoms with Crippen molar-refractivity contribution in [3.8, 4) is 0 Å². The van der Waals surface area contributed by atoms with E-state index in [4.69, 9.17) is 19.1 Å². The van der Waals surface area contributed by atoms with Crippen LogP contribution in [0.2, 0.25) is 0 Å². The lowest BCUT2D eigenvalue weighted by molar-refractivity contribution is -0.161. The van der Waals surface area contributed by atoms with Gasteiger partial charge < -0.3 is 24.6 Å². The maximum Gasteiger partial charge on any atom is 0.472 e. The average molecular weight is 761 g/mol. The normalized spacial score (nSPS) is 14.2. The number of esters is 2. The Morgan fingerprint density at radius 3 is 1.52 bits per heavy atom. The predicted octanol–water partition coefficient (Wildman–Crippen LogP) is 10.6. The van der Waals surface area contributed by atoms with Gasteiger partial charge in [0.25, 0.3) is 0 Å². The van der Waals surface area contributed by atoms with Gasteiger partial charge in [-0.25, -0.2) is 4.57 Å². The van der Waals surface area contributed by atoms with E-state index in [2.05, 4.69) is 42.7 Å². The van der Waals surface area contributed by atoms with Gasteiger partial charge in [-0.1, -0.05) is 154 Å². The Morgan fingerprint density at radius 2 is 1.00 bits per heavy atom. The second kappa shape index (κ2) is 37.8. The fourth-order valence-corrected chi connectivity index (χ4v) is 6.40. The molecular weight excluding hydrogens is 683 g/mol. The lowest BCUT2D eigenvalue weighted by atomic mass is 10.0. The van der Waals surface area contributed by atoms with E-state index in [1.807, 2.05) is 0 Å². The van der Waals surface area contributed by atoms with Crippen LogP contribution in [0.1, 0.15) is 187 Å². The number of ether oxygens (including phenoxy) is 2. The molecule has 1 unspecified atom stereocenters. The van der Waals surface area contributed by atoms with Crippen molar-refractivity contribution in [3.05, 3.63) is 24.3 Å². The summed E-state index contributed by atoms with van der Waals surface area (Å²) in [5.74, 6) is -0.935. The van der Waals surface area contributed by atoms with Gasteiger partial charge in [0.15, 0.2) is 6.10 Å². The molecule has 306 valence electrons. The summed E-state index contributed by atoms with van der Waals surface area (Å²) in [6, 6.07) is 0. The van der Waals surface area contributed by atoms with Crippen LogP contribution in [0.3, 0.4) is 0 Å². The fourth-order valence-electron chi connectivity index (χ4n) is 5.61.